The molecular formula is C23H21FN4OS. The first-order valence-corrected chi connectivity index (χ1v) is 10.5. The third-order valence-corrected chi connectivity index (χ3v) is 5.62. The number of aryl methyl sites for hydroxylation is 2. The summed E-state index contributed by atoms with van der Waals surface area (Å²) < 4.78 is 15.8. The zero-order chi connectivity index (χ0) is 21.1. The van der Waals surface area contributed by atoms with E-state index in [1.807, 2.05) is 32.0 Å². The lowest BCUT2D eigenvalue weighted by molar-refractivity contribution is -0.116. The van der Waals surface area contributed by atoms with E-state index in [4.69, 9.17) is 0 Å². The highest BCUT2D eigenvalue weighted by molar-refractivity contribution is 7.98. The molecule has 30 heavy (non-hydrogen) atoms. The third kappa shape index (κ3) is 4.52. The Morgan fingerprint density at radius 2 is 1.87 bits per heavy atom. The molecule has 1 amide bonds. The van der Waals surface area contributed by atoms with Crippen LogP contribution in [0, 0.1) is 19.7 Å². The Bertz CT molecular complexity index is 1200. The number of nitrogens with one attached hydrogen (secondary N) is 1. The Hall–Kier alpha value is -3.19. The fourth-order valence-corrected chi connectivity index (χ4v) is 4.33. The van der Waals surface area contributed by atoms with Gasteiger partial charge in [-0.15, -0.1) is 0 Å². The molecule has 2 aromatic carbocycles. The topological polar surface area (TPSA) is 59.8 Å². The van der Waals surface area contributed by atoms with Gasteiger partial charge in [-0.1, -0.05) is 36.0 Å². The van der Waals surface area contributed by atoms with Crippen molar-refractivity contribution >= 4 is 34.5 Å². The number of anilines is 1. The Kier molecular flexibility index (Phi) is 5.81. The Balaban J connectivity index is 1.58. The number of benzene rings is 2. The fourth-order valence-electron chi connectivity index (χ4n) is 3.34. The van der Waals surface area contributed by atoms with E-state index in [1.165, 1.54) is 17.8 Å². The Morgan fingerprint density at radius 1 is 1.10 bits per heavy atom. The molecule has 5 nitrogen and oxygen atoms in total. The number of rotatable bonds is 6. The third-order valence-electron chi connectivity index (χ3n) is 4.59. The second-order valence-corrected chi connectivity index (χ2v) is 8.07. The van der Waals surface area contributed by atoms with Crippen molar-refractivity contribution < 1.29 is 9.18 Å². The monoisotopic (exact) mass is 420 g/mol. The van der Waals surface area contributed by atoms with Gasteiger partial charge in [-0.2, -0.15) is 0 Å². The molecule has 0 aliphatic carbocycles. The summed E-state index contributed by atoms with van der Waals surface area (Å²) in [4.78, 5) is 21.8. The molecule has 0 aliphatic heterocycles. The predicted molar refractivity (Wildman–Crippen MR) is 118 cm³/mol. The standard InChI is InChI=1S/C23H21FN4OS/c1-15-10-16(2)12-18(11-15)26-21(29)13-28-22-20(8-5-9-25-22)27-23(28)30-14-17-6-3-4-7-19(17)24/h3-12H,13-14H2,1-2H3,(H,26,29). The molecule has 0 saturated carbocycles. The zero-order valence-corrected chi connectivity index (χ0v) is 17.5. The van der Waals surface area contributed by atoms with Crippen LogP contribution in [0.3, 0.4) is 0 Å². The molecule has 152 valence electrons. The summed E-state index contributed by atoms with van der Waals surface area (Å²) in [6, 6.07) is 16.2. The second-order valence-electron chi connectivity index (χ2n) is 7.13. The van der Waals surface area contributed by atoms with Crippen LogP contribution in [0.1, 0.15) is 16.7 Å². The largest absolute Gasteiger partial charge is 0.325 e. The van der Waals surface area contributed by atoms with Gasteiger partial charge in [0.15, 0.2) is 10.8 Å². The quantitative estimate of drug-likeness (QED) is 0.440. The highest BCUT2D eigenvalue weighted by atomic mass is 32.2. The van der Waals surface area contributed by atoms with Crippen LogP contribution in [0.5, 0.6) is 0 Å². The van der Waals surface area contributed by atoms with Crippen molar-refractivity contribution in [2.45, 2.75) is 31.3 Å². The van der Waals surface area contributed by atoms with Gasteiger partial charge >= 0.3 is 0 Å². The molecule has 0 unspecified atom stereocenters. The van der Waals surface area contributed by atoms with Crippen molar-refractivity contribution in [2.75, 3.05) is 5.32 Å². The summed E-state index contributed by atoms with van der Waals surface area (Å²) in [5, 5.41) is 3.58. The van der Waals surface area contributed by atoms with Crippen molar-refractivity contribution in [1.29, 1.82) is 0 Å². The van der Waals surface area contributed by atoms with Crippen LogP contribution in [0.2, 0.25) is 0 Å². The number of carbonyl (C=O) groups is 1. The number of aromatic nitrogens is 3. The van der Waals surface area contributed by atoms with Crippen molar-refractivity contribution in [3.05, 3.63) is 83.3 Å². The van der Waals surface area contributed by atoms with Crippen molar-refractivity contribution in [2.24, 2.45) is 0 Å². The lowest BCUT2D eigenvalue weighted by Gasteiger charge is -2.11. The number of carbonyl (C=O) groups excluding carboxylic acids is 1. The molecular weight excluding hydrogens is 399 g/mol. The zero-order valence-electron chi connectivity index (χ0n) is 16.7. The van der Waals surface area contributed by atoms with Crippen LogP contribution in [-0.4, -0.2) is 20.4 Å². The van der Waals surface area contributed by atoms with Gasteiger partial charge in [0.25, 0.3) is 0 Å². The lowest BCUT2D eigenvalue weighted by atomic mass is 10.1. The number of fused-ring (bicyclic) bond motifs is 1. The minimum atomic E-state index is -0.252. The molecule has 0 spiro atoms. The van der Waals surface area contributed by atoms with Crippen molar-refractivity contribution in [1.82, 2.24) is 14.5 Å². The summed E-state index contributed by atoms with van der Waals surface area (Å²) in [7, 11) is 0. The second kappa shape index (κ2) is 8.67. The summed E-state index contributed by atoms with van der Waals surface area (Å²) in [6.07, 6.45) is 1.67. The normalized spacial score (nSPS) is 11.0. The number of thioether (sulfide) groups is 1. The van der Waals surface area contributed by atoms with Crippen LogP contribution in [0.25, 0.3) is 11.2 Å². The van der Waals surface area contributed by atoms with Crippen LogP contribution in [0.4, 0.5) is 10.1 Å². The van der Waals surface area contributed by atoms with E-state index in [0.29, 0.717) is 27.6 Å². The van der Waals surface area contributed by atoms with E-state index in [9.17, 15) is 9.18 Å². The van der Waals surface area contributed by atoms with E-state index in [2.05, 4.69) is 21.4 Å². The van der Waals surface area contributed by atoms with Gasteiger partial charge in [0.1, 0.15) is 17.9 Å². The highest BCUT2D eigenvalue weighted by Crippen LogP contribution is 2.27. The maximum absolute atomic E-state index is 14.0. The first-order valence-electron chi connectivity index (χ1n) is 9.55. The molecule has 0 radical (unpaired) electrons. The summed E-state index contributed by atoms with van der Waals surface area (Å²) in [5.74, 6) is -0.00893. The van der Waals surface area contributed by atoms with Gasteiger partial charge in [0, 0.05) is 17.6 Å². The van der Waals surface area contributed by atoms with Crippen LogP contribution < -0.4 is 5.32 Å². The summed E-state index contributed by atoms with van der Waals surface area (Å²) in [5.41, 5.74) is 4.85. The Morgan fingerprint density at radius 3 is 2.63 bits per heavy atom. The molecule has 4 rings (SSSR count). The van der Waals surface area contributed by atoms with Crippen LogP contribution in [-0.2, 0) is 17.1 Å². The number of hydrogen-bond acceptors (Lipinski definition) is 4. The van der Waals surface area contributed by atoms with Gasteiger partial charge in [-0.05, 0) is 60.9 Å². The average molecular weight is 421 g/mol. The first-order chi connectivity index (χ1) is 14.5. The smallest absolute Gasteiger partial charge is 0.244 e. The molecule has 0 aliphatic rings. The first kappa shape index (κ1) is 20.1. The van der Waals surface area contributed by atoms with E-state index >= 15 is 0 Å². The summed E-state index contributed by atoms with van der Waals surface area (Å²) in [6.45, 7) is 4.06. The highest BCUT2D eigenvalue weighted by Gasteiger charge is 2.16. The SMILES string of the molecule is Cc1cc(C)cc(NC(=O)Cn2c(SCc3ccccc3F)nc3cccnc32)c1. The molecule has 7 heteroatoms. The van der Waals surface area contributed by atoms with Crippen LogP contribution in [0.15, 0.2) is 66.0 Å². The Labute approximate surface area is 178 Å². The van der Waals surface area contributed by atoms with E-state index in [1.54, 1.807) is 35.0 Å². The van der Waals surface area contributed by atoms with Crippen molar-refractivity contribution in [3.63, 3.8) is 0 Å². The summed E-state index contributed by atoms with van der Waals surface area (Å²) >= 11 is 1.39. The molecule has 2 aromatic heterocycles. The van der Waals surface area contributed by atoms with Crippen molar-refractivity contribution in [3.8, 4) is 0 Å². The molecule has 1 N–H and O–H groups in total. The van der Waals surface area contributed by atoms with Crippen LogP contribution >= 0.6 is 11.8 Å². The number of halogens is 1. The minimum Gasteiger partial charge on any atom is -0.325 e. The van der Waals surface area contributed by atoms with Gasteiger partial charge in [0.2, 0.25) is 5.91 Å². The number of pyridine rings is 1. The molecule has 0 atom stereocenters. The van der Waals surface area contributed by atoms with E-state index < -0.39 is 0 Å². The minimum absolute atomic E-state index is 0.0696. The average Bonchev–Trinajstić information content (AvgIpc) is 3.04. The maximum atomic E-state index is 14.0. The molecule has 0 fully saturated rings. The van der Waals surface area contributed by atoms with Gasteiger partial charge < -0.3 is 5.32 Å². The van der Waals surface area contributed by atoms with Gasteiger partial charge in [-0.3, -0.25) is 9.36 Å². The number of hydrogen-bond donors (Lipinski definition) is 1. The molecule has 2 heterocycles. The number of amides is 1. The predicted octanol–water partition coefficient (Wildman–Crippen LogP) is 5.12. The number of nitrogens with zero attached hydrogens (tertiary/aromatic N) is 3. The molecule has 4 aromatic rings. The lowest BCUT2D eigenvalue weighted by Crippen LogP contribution is -2.19. The van der Waals surface area contributed by atoms with Gasteiger partial charge in [0.05, 0.1) is 0 Å². The number of imidazole rings is 1. The van der Waals surface area contributed by atoms with E-state index in [0.717, 1.165) is 16.8 Å². The fraction of sp³-hybridized carbons (Fsp3) is 0.174. The van der Waals surface area contributed by atoms with Gasteiger partial charge in [-0.25, -0.2) is 14.4 Å². The molecule has 0 bridgehead atoms. The molecule has 0 saturated heterocycles. The maximum Gasteiger partial charge on any atom is 0.244 e. The van der Waals surface area contributed by atoms with E-state index in [-0.39, 0.29) is 18.3 Å².